The van der Waals surface area contributed by atoms with Crippen molar-refractivity contribution in [2.45, 2.75) is 6.42 Å². The average molecular weight is 292 g/mol. The summed E-state index contributed by atoms with van der Waals surface area (Å²) in [7, 11) is 0. The summed E-state index contributed by atoms with van der Waals surface area (Å²) < 4.78 is 0. The van der Waals surface area contributed by atoms with E-state index in [0.29, 0.717) is 5.69 Å². The van der Waals surface area contributed by atoms with Crippen LogP contribution < -0.4 is 10.2 Å². The van der Waals surface area contributed by atoms with Crippen LogP contribution in [0.1, 0.15) is 16.8 Å². The topological polar surface area (TPSA) is 107 Å². The van der Waals surface area contributed by atoms with E-state index in [2.05, 4.69) is 5.32 Å². The second-order valence-electron chi connectivity index (χ2n) is 4.77. The molecule has 1 atom stereocenters. The molecule has 21 heavy (non-hydrogen) atoms. The Hall–Kier alpha value is -2.41. The van der Waals surface area contributed by atoms with Crippen LogP contribution in [0.3, 0.4) is 0 Å². The zero-order chi connectivity index (χ0) is 15.4. The summed E-state index contributed by atoms with van der Waals surface area (Å²) in [5.74, 6) is -1.93. The van der Waals surface area contributed by atoms with E-state index in [9.17, 15) is 14.4 Å². The van der Waals surface area contributed by atoms with Crippen LogP contribution in [-0.2, 0) is 9.59 Å². The van der Waals surface area contributed by atoms with Crippen molar-refractivity contribution < 1.29 is 24.6 Å². The molecule has 0 radical (unpaired) electrons. The number of nitrogens with zero attached hydrogens (tertiary/aromatic N) is 1. The molecule has 1 unspecified atom stereocenters. The Morgan fingerprint density at radius 1 is 1.29 bits per heavy atom. The maximum atomic E-state index is 12.4. The highest BCUT2D eigenvalue weighted by molar-refractivity contribution is 5.99. The molecular formula is C14H16N2O5. The standard InChI is InChI=1S/C14H16N2O5/c17-6-5-16(13(19)10-7-12(18)15-8-10)11-3-1-9(2-4-11)14(20)21/h1-4,10,17H,5-8H2,(H,15,18)(H,20,21). The third kappa shape index (κ3) is 3.38. The minimum absolute atomic E-state index is 0.0932. The van der Waals surface area contributed by atoms with Crippen molar-refractivity contribution in [2.24, 2.45) is 5.92 Å². The predicted octanol–water partition coefficient (Wildman–Crippen LogP) is -0.154. The van der Waals surface area contributed by atoms with Crippen molar-refractivity contribution in [3.05, 3.63) is 29.8 Å². The fourth-order valence-electron chi connectivity index (χ4n) is 2.25. The molecule has 1 heterocycles. The minimum atomic E-state index is -1.05. The first kappa shape index (κ1) is 15.0. The van der Waals surface area contributed by atoms with Crippen LogP contribution in [0.25, 0.3) is 0 Å². The molecular weight excluding hydrogens is 276 g/mol. The highest BCUT2D eigenvalue weighted by Gasteiger charge is 2.31. The lowest BCUT2D eigenvalue weighted by molar-refractivity contribution is -0.124. The Kier molecular flexibility index (Phi) is 4.54. The number of hydrogen-bond donors (Lipinski definition) is 3. The van der Waals surface area contributed by atoms with Gasteiger partial charge < -0.3 is 20.4 Å². The van der Waals surface area contributed by atoms with Crippen LogP contribution >= 0.6 is 0 Å². The molecule has 7 nitrogen and oxygen atoms in total. The van der Waals surface area contributed by atoms with E-state index in [1.165, 1.54) is 29.2 Å². The summed E-state index contributed by atoms with van der Waals surface area (Å²) in [6.45, 7) is 0.156. The second-order valence-corrected chi connectivity index (χ2v) is 4.77. The normalized spacial score (nSPS) is 17.4. The van der Waals surface area contributed by atoms with E-state index >= 15 is 0 Å². The van der Waals surface area contributed by atoms with Gasteiger partial charge in [0.15, 0.2) is 0 Å². The predicted molar refractivity (Wildman–Crippen MR) is 74.0 cm³/mol. The van der Waals surface area contributed by atoms with Gasteiger partial charge in [0.1, 0.15) is 0 Å². The van der Waals surface area contributed by atoms with Crippen molar-refractivity contribution in [3.8, 4) is 0 Å². The number of carbonyl (C=O) groups is 3. The lowest BCUT2D eigenvalue weighted by Crippen LogP contribution is -2.39. The van der Waals surface area contributed by atoms with Crippen molar-refractivity contribution in [3.63, 3.8) is 0 Å². The van der Waals surface area contributed by atoms with Gasteiger partial charge in [0, 0.05) is 25.2 Å². The number of nitrogens with one attached hydrogen (secondary N) is 1. The zero-order valence-corrected chi connectivity index (χ0v) is 11.3. The number of rotatable bonds is 5. The number of benzene rings is 1. The van der Waals surface area contributed by atoms with Crippen molar-refractivity contribution >= 4 is 23.5 Å². The van der Waals surface area contributed by atoms with Gasteiger partial charge in [-0.05, 0) is 24.3 Å². The van der Waals surface area contributed by atoms with Gasteiger partial charge in [-0.3, -0.25) is 9.59 Å². The number of hydrogen-bond acceptors (Lipinski definition) is 4. The fraction of sp³-hybridized carbons (Fsp3) is 0.357. The quantitative estimate of drug-likeness (QED) is 0.699. The summed E-state index contributed by atoms with van der Waals surface area (Å²) in [6, 6.07) is 5.82. The molecule has 1 aromatic carbocycles. The molecule has 0 bridgehead atoms. The molecule has 1 saturated heterocycles. The number of anilines is 1. The summed E-state index contributed by atoms with van der Waals surface area (Å²) >= 11 is 0. The molecule has 0 spiro atoms. The number of carbonyl (C=O) groups excluding carboxylic acids is 2. The summed E-state index contributed by atoms with van der Waals surface area (Å²) in [5.41, 5.74) is 0.617. The van der Waals surface area contributed by atoms with Crippen molar-refractivity contribution in [2.75, 3.05) is 24.6 Å². The van der Waals surface area contributed by atoms with E-state index < -0.39 is 11.9 Å². The third-order valence-corrected chi connectivity index (χ3v) is 3.34. The van der Waals surface area contributed by atoms with Gasteiger partial charge in [0.05, 0.1) is 18.1 Å². The van der Waals surface area contributed by atoms with Gasteiger partial charge in [0.25, 0.3) is 0 Å². The molecule has 0 aromatic heterocycles. The number of amides is 2. The number of aromatic carboxylic acids is 1. The van der Waals surface area contributed by atoms with E-state index in [0.717, 1.165) is 0 Å². The Bertz CT molecular complexity index is 555. The van der Waals surface area contributed by atoms with Crippen LogP contribution in [0.4, 0.5) is 5.69 Å². The fourth-order valence-corrected chi connectivity index (χ4v) is 2.25. The Morgan fingerprint density at radius 2 is 1.95 bits per heavy atom. The van der Waals surface area contributed by atoms with Crippen molar-refractivity contribution in [1.82, 2.24) is 5.32 Å². The Labute approximate surface area is 121 Å². The van der Waals surface area contributed by atoms with Gasteiger partial charge >= 0.3 is 5.97 Å². The van der Waals surface area contributed by atoms with E-state index in [1.807, 2.05) is 0 Å². The summed E-state index contributed by atoms with van der Waals surface area (Å²) in [6.07, 6.45) is 0.133. The van der Waals surface area contributed by atoms with Gasteiger partial charge in [-0.2, -0.15) is 0 Å². The second kappa shape index (κ2) is 6.36. The largest absolute Gasteiger partial charge is 0.478 e. The molecule has 2 rings (SSSR count). The number of aliphatic hydroxyl groups excluding tert-OH is 1. The molecule has 0 aliphatic carbocycles. The Balaban J connectivity index is 2.19. The molecule has 0 saturated carbocycles. The van der Waals surface area contributed by atoms with Gasteiger partial charge in [-0.1, -0.05) is 0 Å². The van der Waals surface area contributed by atoms with Crippen LogP contribution in [-0.4, -0.2) is 47.7 Å². The van der Waals surface area contributed by atoms with Crippen LogP contribution in [0, 0.1) is 5.92 Å². The molecule has 1 aliphatic rings. The van der Waals surface area contributed by atoms with Crippen LogP contribution in [0.2, 0.25) is 0 Å². The summed E-state index contributed by atoms with van der Waals surface area (Å²) in [4.78, 5) is 35.8. The van der Waals surface area contributed by atoms with Gasteiger partial charge in [-0.15, -0.1) is 0 Å². The van der Waals surface area contributed by atoms with Gasteiger partial charge in [-0.25, -0.2) is 4.79 Å². The average Bonchev–Trinajstić information content (AvgIpc) is 2.91. The number of carboxylic acid groups (broad SMARTS) is 1. The first-order valence-corrected chi connectivity index (χ1v) is 6.55. The Morgan fingerprint density at radius 3 is 2.43 bits per heavy atom. The molecule has 2 amide bonds. The smallest absolute Gasteiger partial charge is 0.335 e. The number of carboxylic acids is 1. The highest BCUT2D eigenvalue weighted by atomic mass is 16.4. The molecule has 1 aromatic rings. The van der Waals surface area contributed by atoms with E-state index in [4.69, 9.17) is 10.2 Å². The maximum absolute atomic E-state index is 12.4. The lowest BCUT2D eigenvalue weighted by atomic mass is 10.1. The van der Waals surface area contributed by atoms with E-state index in [1.54, 1.807) is 0 Å². The minimum Gasteiger partial charge on any atom is -0.478 e. The maximum Gasteiger partial charge on any atom is 0.335 e. The van der Waals surface area contributed by atoms with Crippen LogP contribution in [0.15, 0.2) is 24.3 Å². The molecule has 3 N–H and O–H groups in total. The zero-order valence-electron chi connectivity index (χ0n) is 11.3. The molecule has 1 fully saturated rings. The molecule has 112 valence electrons. The third-order valence-electron chi connectivity index (χ3n) is 3.34. The molecule has 7 heteroatoms. The lowest BCUT2D eigenvalue weighted by Gasteiger charge is -2.24. The highest BCUT2D eigenvalue weighted by Crippen LogP contribution is 2.20. The SMILES string of the molecule is O=C1CC(C(=O)N(CCO)c2ccc(C(=O)O)cc2)CN1. The first-order chi connectivity index (χ1) is 10.0. The first-order valence-electron chi connectivity index (χ1n) is 6.55. The van der Waals surface area contributed by atoms with Crippen LogP contribution in [0.5, 0.6) is 0 Å². The number of aliphatic hydroxyl groups is 1. The van der Waals surface area contributed by atoms with E-state index in [-0.39, 0.29) is 43.5 Å². The monoisotopic (exact) mass is 292 g/mol. The van der Waals surface area contributed by atoms with Crippen molar-refractivity contribution in [1.29, 1.82) is 0 Å². The summed E-state index contributed by atoms with van der Waals surface area (Å²) in [5, 5.41) is 20.6. The molecule has 1 aliphatic heterocycles. The van der Waals surface area contributed by atoms with Gasteiger partial charge in [0.2, 0.25) is 11.8 Å².